The van der Waals surface area contributed by atoms with Crippen LogP contribution in [0.4, 0.5) is 0 Å². The van der Waals surface area contributed by atoms with E-state index in [1.165, 1.54) is 32.8 Å². The van der Waals surface area contributed by atoms with Crippen molar-refractivity contribution in [3.63, 3.8) is 0 Å². The van der Waals surface area contributed by atoms with Crippen LogP contribution in [0.1, 0.15) is 66.7 Å². The van der Waals surface area contributed by atoms with Crippen LogP contribution in [0, 0.1) is 23.7 Å². The highest BCUT2D eigenvalue weighted by atomic mass is 16.5. The third-order valence-electron chi connectivity index (χ3n) is 3.75. The van der Waals surface area contributed by atoms with Crippen molar-refractivity contribution in [3.05, 3.63) is 0 Å². The monoisotopic (exact) mass is 256 g/mol. The Balaban J connectivity index is 3.92. The summed E-state index contributed by atoms with van der Waals surface area (Å²) in [5.41, 5.74) is 0. The Morgan fingerprint density at radius 1 is 0.944 bits per heavy atom. The van der Waals surface area contributed by atoms with Gasteiger partial charge in [-0.2, -0.15) is 0 Å². The molecule has 0 aliphatic heterocycles. The van der Waals surface area contributed by atoms with Crippen molar-refractivity contribution >= 4 is 5.97 Å². The third kappa shape index (κ3) is 7.73. The number of rotatable bonds is 9. The maximum absolute atomic E-state index is 11.4. The molecular weight excluding hydrogens is 224 g/mol. The van der Waals surface area contributed by atoms with Gasteiger partial charge in [0.1, 0.15) is 0 Å². The molecule has 4 unspecified atom stereocenters. The van der Waals surface area contributed by atoms with E-state index in [1.807, 2.05) is 6.92 Å². The van der Waals surface area contributed by atoms with E-state index in [2.05, 4.69) is 27.7 Å². The van der Waals surface area contributed by atoms with Crippen molar-refractivity contribution < 1.29 is 9.53 Å². The molecule has 0 N–H and O–H groups in total. The van der Waals surface area contributed by atoms with Crippen LogP contribution in [0.3, 0.4) is 0 Å². The van der Waals surface area contributed by atoms with E-state index in [4.69, 9.17) is 4.74 Å². The molecule has 0 saturated heterocycles. The first-order chi connectivity index (χ1) is 8.40. The fourth-order valence-electron chi connectivity index (χ4n) is 3.08. The Morgan fingerprint density at radius 2 is 1.44 bits per heavy atom. The van der Waals surface area contributed by atoms with Gasteiger partial charge in [0.2, 0.25) is 0 Å². The molecular formula is C16H32O2. The highest BCUT2D eigenvalue weighted by Gasteiger charge is 2.19. The number of hydrogen-bond donors (Lipinski definition) is 0. The Hall–Kier alpha value is -0.530. The molecule has 0 radical (unpaired) electrons. The molecule has 0 rings (SSSR count). The van der Waals surface area contributed by atoms with E-state index in [9.17, 15) is 4.79 Å². The second kappa shape index (κ2) is 9.41. The van der Waals surface area contributed by atoms with Gasteiger partial charge in [0.05, 0.1) is 13.0 Å². The molecule has 0 aromatic heterocycles. The first kappa shape index (κ1) is 17.5. The van der Waals surface area contributed by atoms with Gasteiger partial charge in [0, 0.05) is 0 Å². The quantitative estimate of drug-likeness (QED) is 0.560. The van der Waals surface area contributed by atoms with Gasteiger partial charge < -0.3 is 4.74 Å². The first-order valence-electron chi connectivity index (χ1n) is 7.48. The van der Waals surface area contributed by atoms with E-state index >= 15 is 0 Å². The number of carbonyl (C=O) groups excluding carboxylic acids is 1. The van der Waals surface area contributed by atoms with E-state index in [1.54, 1.807) is 0 Å². The van der Waals surface area contributed by atoms with Gasteiger partial charge in [-0.25, -0.2) is 0 Å². The van der Waals surface area contributed by atoms with Crippen molar-refractivity contribution in [2.75, 3.05) is 7.11 Å². The Labute approximate surface area is 113 Å². The summed E-state index contributed by atoms with van der Waals surface area (Å²) >= 11 is 0. The van der Waals surface area contributed by atoms with E-state index in [-0.39, 0.29) is 11.9 Å². The van der Waals surface area contributed by atoms with Gasteiger partial charge in [-0.05, 0) is 37.0 Å². The largest absolute Gasteiger partial charge is 0.469 e. The summed E-state index contributed by atoms with van der Waals surface area (Å²) in [6.45, 7) is 11.2. The molecule has 0 fully saturated rings. The summed E-state index contributed by atoms with van der Waals surface area (Å²) < 4.78 is 4.78. The first-order valence-corrected chi connectivity index (χ1v) is 7.48. The predicted octanol–water partition coefficient (Wildman–Crippen LogP) is 4.67. The number of esters is 1. The molecule has 0 aliphatic rings. The van der Waals surface area contributed by atoms with Gasteiger partial charge in [0.25, 0.3) is 0 Å². The van der Waals surface area contributed by atoms with Gasteiger partial charge in [-0.15, -0.1) is 0 Å². The lowest BCUT2D eigenvalue weighted by atomic mass is 9.84. The lowest BCUT2D eigenvalue weighted by Gasteiger charge is -2.22. The predicted molar refractivity (Wildman–Crippen MR) is 77.4 cm³/mol. The van der Waals surface area contributed by atoms with Gasteiger partial charge in [0.15, 0.2) is 0 Å². The van der Waals surface area contributed by atoms with Gasteiger partial charge in [-0.1, -0.05) is 47.5 Å². The lowest BCUT2D eigenvalue weighted by molar-refractivity contribution is -0.145. The zero-order valence-corrected chi connectivity index (χ0v) is 13.2. The Bertz CT molecular complexity index is 225. The summed E-state index contributed by atoms with van der Waals surface area (Å²) in [5, 5.41) is 0. The molecule has 0 aliphatic carbocycles. The van der Waals surface area contributed by atoms with Crippen molar-refractivity contribution in [1.29, 1.82) is 0 Å². The topological polar surface area (TPSA) is 26.3 Å². The molecule has 2 heteroatoms. The molecule has 2 nitrogen and oxygen atoms in total. The lowest BCUT2D eigenvalue weighted by Crippen LogP contribution is -2.17. The summed E-state index contributed by atoms with van der Waals surface area (Å²) in [6, 6.07) is 0. The number of carbonyl (C=O) groups is 1. The maximum atomic E-state index is 11.4. The van der Waals surface area contributed by atoms with Crippen LogP contribution in [-0.2, 0) is 9.53 Å². The molecule has 0 bridgehead atoms. The third-order valence-corrected chi connectivity index (χ3v) is 3.75. The van der Waals surface area contributed by atoms with Gasteiger partial charge in [-0.3, -0.25) is 4.79 Å². The molecule has 0 aromatic rings. The van der Waals surface area contributed by atoms with Crippen LogP contribution in [0.25, 0.3) is 0 Å². The zero-order chi connectivity index (χ0) is 14.1. The minimum atomic E-state index is -0.0751. The highest BCUT2D eigenvalue weighted by molar-refractivity contribution is 5.71. The van der Waals surface area contributed by atoms with Crippen molar-refractivity contribution in [3.8, 4) is 0 Å². The SMILES string of the molecule is CCCC(C)CC(C)CC(C)CC(C)C(=O)OC. The highest BCUT2D eigenvalue weighted by Crippen LogP contribution is 2.25. The zero-order valence-electron chi connectivity index (χ0n) is 13.2. The fourth-order valence-corrected chi connectivity index (χ4v) is 3.08. The van der Waals surface area contributed by atoms with Crippen LogP contribution in [0.15, 0.2) is 0 Å². The van der Waals surface area contributed by atoms with E-state index in [0.29, 0.717) is 5.92 Å². The summed E-state index contributed by atoms with van der Waals surface area (Å²) in [6.07, 6.45) is 6.08. The van der Waals surface area contributed by atoms with Crippen molar-refractivity contribution in [2.24, 2.45) is 23.7 Å². The van der Waals surface area contributed by atoms with Crippen LogP contribution < -0.4 is 0 Å². The summed E-state index contributed by atoms with van der Waals surface area (Å²) in [7, 11) is 1.47. The van der Waals surface area contributed by atoms with Crippen LogP contribution in [-0.4, -0.2) is 13.1 Å². The second-order valence-electron chi connectivity index (χ2n) is 6.24. The molecule has 0 spiro atoms. The Kier molecular flexibility index (Phi) is 9.13. The van der Waals surface area contributed by atoms with Crippen molar-refractivity contribution in [1.82, 2.24) is 0 Å². The smallest absolute Gasteiger partial charge is 0.308 e. The second-order valence-corrected chi connectivity index (χ2v) is 6.24. The molecule has 0 heterocycles. The molecule has 108 valence electrons. The summed E-state index contributed by atoms with van der Waals surface area (Å²) in [5.74, 6) is 2.14. The molecule has 4 atom stereocenters. The minimum absolute atomic E-state index is 0.0327. The minimum Gasteiger partial charge on any atom is -0.469 e. The standard InChI is InChI=1S/C16H32O2/c1-7-8-12(2)9-13(3)10-14(4)11-15(5)16(17)18-6/h12-15H,7-11H2,1-6H3. The molecule has 0 aromatic carbocycles. The number of hydrogen-bond acceptors (Lipinski definition) is 2. The molecule has 18 heavy (non-hydrogen) atoms. The average Bonchev–Trinajstić information content (AvgIpc) is 2.27. The summed E-state index contributed by atoms with van der Waals surface area (Å²) in [4.78, 5) is 11.4. The van der Waals surface area contributed by atoms with Gasteiger partial charge >= 0.3 is 5.97 Å². The van der Waals surface area contributed by atoms with Crippen LogP contribution in [0.2, 0.25) is 0 Å². The fraction of sp³-hybridized carbons (Fsp3) is 0.938. The van der Waals surface area contributed by atoms with E-state index < -0.39 is 0 Å². The maximum Gasteiger partial charge on any atom is 0.308 e. The van der Waals surface area contributed by atoms with E-state index in [0.717, 1.165) is 18.3 Å². The number of ether oxygens (including phenoxy) is 1. The van der Waals surface area contributed by atoms with Crippen LogP contribution in [0.5, 0.6) is 0 Å². The van der Waals surface area contributed by atoms with Crippen LogP contribution >= 0.6 is 0 Å². The molecule has 0 amide bonds. The molecule has 0 saturated carbocycles. The van der Waals surface area contributed by atoms with Crippen molar-refractivity contribution in [2.45, 2.75) is 66.7 Å². The average molecular weight is 256 g/mol. The normalized spacial score (nSPS) is 17.9. The number of methoxy groups -OCH3 is 1. The Morgan fingerprint density at radius 3 is 1.94 bits per heavy atom.